The van der Waals surface area contributed by atoms with Crippen LogP contribution in [0.2, 0.25) is 5.02 Å². The number of carbonyl (C=O) groups is 1. The number of nitrogens with zero attached hydrogens (tertiary/aromatic N) is 3. The fourth-order valence-electron chi connectivity index (χ4n) is 3.50. The molecule has 3 rings (SSSR count). The van der Waals surface area contributed by atoms with Gasteiger partial charge in [-0.05, 0) is 38.0 Å². The topological polar surface area (TPSA) is 66.4 Å². The van der Waals surface area contributed by atoms with Crippen LogP contribution in [0.15, 0.2) is 29.3 Å². The van der Waals surface area contributed by atoms with Crippen LogP contribution in [0.3, 0.4) is 0 Å². The Morgan fingerprint density at radius 2 is 2.11 bits per heavy atom. The van der Waals surface area contributed by atoms with Gasteiger partial charge in [0.2, 0.25) is 0 Å². The van der Waals surface area contributed by atoms with Crippen molar-refractivity contribution in [2.45, 2.75) is 32.0 Å². The van der Waals surface area contributed by atoms with Gasteiger partial charge in [-0.2, -0.15) is 0 Å². The monoisotopic (exact) mass is 408 g/mol. The number of benzene rings is 1. The summed E-state index contributed by atoms with van der Waals surface area (Å²) in [6.45, 7) is 6.20. The predicted octanol–water partition coefficient (Wildman–Crippen LogP) is 2.01. The third-order valence-corrected chi connectivity index (χ3v) is 5.22. The summed E-state index contributed by atoms with van der Waals surface area (Å²) < 4.78 is 11.4. The van der Waals surface area contributed by atoms with Crippen molar-refractivity contribution in [2.75, 3.05) is 46.4 Å². The van der Waals surface area contributed by atoms with Crippen molar-refractivity contribution in [1.82, 2.24) is 15.1 Å². The zero-order valence-electron chi connectivity index (χ0n) is 16.6. The third-order valence-electron chi connectivity index (χ3n) is 4.99. The molecular weight excluding hydrogens is 380 g/mol. The minimum Gasteiger partial charge on any atom is -0.489 e. The van der Waals surface area contributed by atoms with Crippen LogP contribution >= 0.6 is 11.6 Å². The second-order valence-electron chi connectivity index (χ2n) is 7.13. The normalized spacial score (nSPS) is 21.5. The Bertz CT molecular complexity index is 686. The third kappa shape index (κ3) is 5.52. The van der Waals surface area contributed by atoms with E-state index in [1.807, 2.05) is 30.0 Å². The highest BCUT2D eigenvalue weighted by Gasteiger charge is 2.30. The molecule has 1 aromatic rings. The number of aliphatic imine (C=N–C) groups is 1. The number of nitrogens with one attached hydrogen (secondary N) is 1. The van der Waals surface area contributed by atoms with Gasteiger partial charge in [-0.1, -0.05) is 17.7 Å². The summed E-state index contributed by atoms with van der Waals surface area (Å²) >= 11 is 6.00. The molecule has 0 bridgehead atoms. The van der Waals surface area contributed by atoms with E-state index in [9.17, 15) is 4.79 Å². The molecule has 2 aliphatic rings. The smallest absolute Gasteiger partial charge is 0.251 e. The maximum absolute atomic E-state index is 12.5. The van der Waals surface area contributed by atoms with E-state index in [1.165, 1.54) is 0 Å². The molecule has 0 saturated carbocycles. The van der Waals surface area contributed by atoms with Gasteiger partial charge in [-0.3, -0.25) is 9.79 Å². The Balaban J connectivity index is 1.43. The minimum absolute atomic E-state index is 0.0439. The second kappa shape index (κ2) is 9.98. The number of hydrogen-bond acceptors (Lipinski definition) is 4. The quantitative estimate of drug-likeness (QED) is 0.596. The Morgan fingerprint density at radius 3 is 2.75 bits per heavy atom. The van der Waals surface area contributed by atoms with Crippen molar-refractivity contribution in [2.24, 2.45) is 4.99 Å². The molecule has 28 heavy (non-hydrogen) atoms. The fourth-order valence-corrected chi connectivity index (χ4v) is 3.68. The summed E-state index contributed by atoms with van der Waals surface area (Å²) in [4.78, 5) is 20.9. The van der Waals surface area contributed by atoms with Crippen LogP contribution in [-0.4, -0.2) is 80.3 Å². The van der Waals surface area contributed by atoms with E-state index in [1.54, 1.807) is 13.1 Å². The summed E-state index contributed by atoms with van der Waals surface area (Å²) in [5, 5.41) is 4.02. The summed E-state index contributed by atoms with van der Waals surface area (Å²) in [5.41, 5.74) is 0. The van der Waals surface area contributed by atoms with Crippen LogP contribution in [0.25, 0.3) is 0 Å². The molecule has 2 unspecified atom stereocenters. The van der Waals surface area contributed by atoms with Gasteiger partial charge < -0.3 is 24.6 Å². The lowest BCUT2D eigenvalue weighted by molar-refractivity contribution is -0.142. The van der Waals surface area contributed by atoms with Crippen LogP contribution in [0, 0.1) is 0 Å². The Morgan fingerprint density at radius 1 is 1.36 bits per heavy atom. The van der Waals surface area contributed by atoms with Crippen LogP contribution in [-0.2, 0) is 9.53 Å². The summed E-state index contributed by atoms with van der Waals surface area (Å²) in [6, 6.07) is 7.38. The number of carbonyl (C=O) groups excluding carboxylic acids is 1. The molecule has 0 aliphatic carbocycles. The molecule has 0 radical (unpaired) electrons. The first-order valence-corrected chi connectivity index (χ1v) is 10.2. The zero-order chi connectivity index (χ0) is 19.9. The summed E-state index contributed by atoms with van der Waals surface area (Å²) in [7, 11) is 1.77. The largest absolute Gasteiger partial charge is 0.489 e. The average Bonchev–Trinajstić information content (AvgIpc) is 3.23. The molecule has 1 aromatic carbocycles. The van der Waals surface area contributed by atoms with E-state index in [0.717, 1.165) is 37.6 Å². The number of piperazine rings is 1. The molecule has 1 N–H and O–H groups in total. The van der Waals surface area contributed by atoms with Crippen LogP contribution < -0.4 is 10.1 Å². The maximum atomic E-state index is 12.5. The Labute approximate surface area is 171 Å². The molecular formula is C20H29ClN4O3. The molecule has 2 fully saturated rings. The molecule has 2 heterocycles. The first-order valence-electron chi connectivity index (χ1n) is 9.85. The van der Waals surface area contributed by atoms with Gasteiger partial charge in [-0.25, -0.2) is 0 Å². The molecule has 2 atom stereocenters. The number of halogens is 1. The zero-order valence-corrected chi connectivity index (χ0v) is 17.3. The van der Waals surface area contributed by atoms with Crippen LogP contribution in [0.4, 0.5) is 0 Å². The SMILES string of the molecule is CN=C(NCC(C)Oc1cccc(Cl)c1)N1CCN(C(=O)C2CCCO2)CC1. The number of hydrogen-bond donors (Lipinski definition) is 1. The molecule has 0 spiro atoms. The van der Waals surface area contributed by atoms with Crippen molar-refractivity contribution >= 4 is 23.5 Å². The Hall–Kier alpha value is -1.99. The highest BCUT2D eigenvalue weighted by molar-refractivity contribution is 6.30. The maximum Gasteiger partial charge on any atom is 0.251 e. The predicted molar refractivity (Wildman–Crippen MR) is 110 cm³/mol. The van der Waals surface area contributed by atoms with Gasteiger partial charge in [0, 0.05) is 44.9 Å². The van der Waals surface area contributed by atoms with Gasteiger partial charge in [0.15, 0.2) is 5.96 Å². The van der Waals surface area contributed by atoms with Crippen LogP contribution in [0.1, 0.15) is 19.8 Å². The molecule has 154 valence electrons. The summed E-state index contributed by atoms with van der Waals surface area (Å²) in [5.74, 6) is 1.70. The lowest BCUT2D eigenvalue weighted by Gasteiger charge is -2.37. The molecule has 8 heteroatoms. The molecule has 2 aliphatic heterocycles. The minimum atomic E-state index is -0.242. The lowest BCUT2D eigenvalue weighted by atomic mass is 10.2. The van der Waals surface area contributed by atoms with Crippen molar-refractivity contribution in [3.05, 3.63) is 29.3 Å². The highest BCUT2D eigenvalue weighted by atomic mass is 35.5. The molecule has 0 aromatic heterocycles. The fraction of sp³-hybridized carbons (Fsp3) is 0.600. The first-order chi connectivity index (χ1) is 13.6. The van der Waals surface area contributed by atoms with Gasteiger partial charge in [0.1, 0.15) is 18.0 Å². The molecule has 7 nitrogen and oxygen atoms in total. The van der Waals surface area contributed by atoms with Crippen molar-refractivity contribution in [1.29, 1.82) is 0 Å². The van der Waals surface area contributed by atoms with E-state index in [4.69, 9.17) is 21.1 Å². The van der Waals surface area contributed by atoms with E-state index < -0.39 is 0 Å². The van der Waals surface area contributed by atoms with E-state index in [0.29, 0.717) is 31.3 Å². The van der Waals surface area contributed by atoms with E-state index >= 15 is 0 Å². The van der Waals surface area contributed by atoms with Gasteiger partial charge in [-0.15, -0.1) is 0 Å². The van der Waals surface area contributed by atoms with Gasteiger partial charge in [0.05, 0.1) is 6.54 Å². The first kappa shape index (κ1) is 20.7. The number of guanidine groups is 1. The second-order valence-corrected chi connectivity index (χ2v) is 7.56. The molecule has 1 amide bonds. The number of ether oxygens (including phenoxy) is 2. The Kier molecular flexibility index (Phi) is 7.39. The lowest BCUT2D eigenvalue weighted by Crippen LogP contribution is -2.55. The number of rotatable bonds is 5. The summed E-state index contributed by atoms with van der Waals surface area (Å²) in [6.07, 6.45) is 1.53. The van der Waals surface area contributed by atoms with Crippen molar-refractivity contribution in [3.63, 3.8) is 0 Å². The van der Waals surface area contributed by atoms with E-state index in [-0.39, 0.29) is 18.1 Å². The van der Waals surface area contributed by atoms with Crippen molar-refractivity contribution in [3.8, 4) is 5.75 Å². The standard InChI is InChI=1S/C20H29ClN4O3/c1-15(28-17-6-3-5-16(21)13-17)14-23-20(22-2)25-10-8-24(9-11-25)19(26)18-7-4-12-27-18/h3,5-6,13,15,18H,4,7-12,14H2,1-2H3,(H,22,23). The number of amides is 1. The van der Waals surface area contributed by atoms with Gasteiger partial charge >= 0.3 is 0 Å². The molecule has 2 saturated heterocycles. The highest BCUT2D eigenvalue weighted by Crippen LogP contribution is 2.18. The van der Waals surface area contributed by atoms with Gasteiger partial charge in [0.25, 0.3) is 5.91 Å². The average molecular weight is 409 g/mol. The van der Waals surface area contributed by atoms with E-state index in [2.05, 4.69) is 15.2 Å². The van der Waals surface area contributed by atoms with Crippen molar-refractivity contribution < 1.29 is 14.3 Å². The van der Waals surface area contributed by atoms with Crippen LogP contribution in [0.5, 0.6) is 5.75 Å².